The summed E-state index contributed by atoms with van der Waals surface area (Å²) in [6.07, 6.45) is 1.32. The van der Waals surface area contributed by atoms with Crippen LogP contribution in [0.4, 0.5) is 15.9 Å². The summed E-state index contributed by atoms with van der Waals surface area (Å²) in [6.45, 7) is 2.37. The Balaban J connectivity index is 1.69. The third kappa shape index (κ3) is 3.77. The number of para-hydroxylation sites is 1. The predicted octanol–water partition coefficient (Wildman–Crippen LogP) is 3.40. The number of hydrogen-bond acceptors (Lipinski definition) is 5. The van der Waals surface area contributed by atoms with Gasteiger partial charge in [0, 0.05) is 37.3 Å². The number of benzene rings is 2. The molecule has 29 heavy (non-hydrogen) atoms. The van der Waals surface area contributed by atoms with Gasteiger partial charge in [0.05, 0.1) is 11.8 Å². The van der Waals surface area contributed by atoms with Crippen molar-refractivity contribution in [1.29, 1.82) is 0 Å². The number of nitrogens with zero attached hydrogens (tertiary/aromatic N) is 2. The lowest BCUT2D eigenvalue weighted by molar-refractivity contribution is -0.114. The number of rotatable bonds is 4. The van der Waals surface area contributed by atoms with E-state index in [1.165, 1.54) is 19.1 Å². The maximum Gasteiger partial charge on any atom is 0.221 e. The molecule has 6 nitrogen and oxygen atoms in total. The van der Waals surface area contributed by atoms with Crippen molar-refractivity contribution in [3.63, 3.8) is 0 Å². The summed E-state index contributed by atoms with van der Waals surface area (Å²) in [5, 5.41) is 22.8. The number of aromatic hydroxyl groups is 1. The van der Waals surface area contributed by atoms with Crippen molar-refractivity contribution in [3.8, 4) is 28.0 Å². The second-order valence-electron chi connectivity index (χ2n) is 7.04. The smallest absolute Gasteiger partial charge is 0.221 e. The number of carbonyl (C=O) groups is 1. The Labute approximate surface area is 167 Å². The lowest BCUT2D eigenvalue weighted by Gasteiger charge is -2.36. The normalized spacial score (nSPS) is 13.8. The zero-order valence-electron chi connectivity index (χ0n) is 15.8. The van der Waals surface area contributed by atoms with E-state index in [0.717, 1.165) is 11.4 Å². The van der Waals surface area contributed by atoms with Gasteiger partial charge in [-0.25, -0.2) is 9.37 Å². The highest BCUT2D eigenvalue weighted by atomic mass is 19.1. The second kappa shape index (κ2) is 7.52. The Bertz CT molecular complexity index is 1080. The standard InChI is InChI=1S/C22H20FN3O3/c1-13(27)25-20-6-5-14(9-19(20)23)17-3-2-4-18(22(17)29)15-7-8-24-21(10-15)26-11-16(28)12-26/h2-10,16,28-29H,11-12H2,1H3,(H,25,27). The Morgan fingerprint density at radius 1 is 1.14 bits per heavy atom. The van der Waals surface area contributed by atoms with Crippen molar-refractivity contribution < 1.29 is 19.4 Å². The van der Waals surface area contributed by atoms with Crippen molar-refractivity contribution in [3.05, 3.63) is 60.5 Å². The molecule has 0 radical (unpaired) electrons. The average Bonchev–Trinajstić information content (AvgIpc) is 2.67. The molecule has 2 heterocycles. The number of carbonyl (C=O) groups excluding carboxylic acids is 1. The maximum atomic E-state index is 14.3. The SMILES string of the molecule is CC(=O)Nc1ccc(-c2cccc(-c3ccnc(N4CC(O)C4)c3)c2O)cc1F. The molecule has 0 unspecified atom stereocenters. The zero-order valence-corrected chi connectivity index (χ0v) is 15.8. The number of pyridine rings is 1. The summed E-state index contributed by atoms with van der Waals surface area (Å²) in [5.74, 6) is -0.182. The van der Waals surface area contributed by atoms with Crippen LogP contribution in [0, 0.1) is 5.82 Å². The minimum absolute atomic E-state index is 0.0278. The monoisotopic (exact) mass is 393 g/mol. The van der Waals surface area contributed by atoms with Crippen molar-refractivity contribution in [2.45, 2.75) is 13.0 Å². The van der Waals surface area contributed by atoms with Crippen LogP contribution in [0.5, 0.6) is 5.75 Å². The third-order valence-corrected chi connectivity index (χ3v) is 4.87. The van der Waals surface area contributed by atoms with Crippen LogP contribution in [0.2, 0.25) is 0 Å². The minimum Gasteiger partial charge on any atom is -0.507 e. The molecule has 0 saturated carbocycles. The average molecular weight is 393 g/mol. The molecule has 148 valence electrons. The molecule has 1 fully saturated rings. The minimum atomic E-state index is -0.579. The molecule has 1 amide bonds. The summed E-state index contributed by atoms with van der Waals surface area (Å²) >= 11 is 0. The van der Waals surface area contributed by atoms with Crippen LogP contribution < -0.4 is 10.2 Å². The number of aromatic nitrogens is 1. The first kappa shape index (κ1) is 18.9. The molecule has 0 spiro atoms. The summed E-state index contributed by atoms with van der Waals surface area (Å²) in [5.41, 5.74) is 2.43. The molecule has 1 aliphatic rings. The number of phenolic OH excluding ortho intramolecular Hbond substituents is 1. The van der Waals surface area contributed by atoms with Crippen LogP contribution >= 0.6 is 0 Å². The van der Waals surface area contributed by atoms with E-state index >= 15 is 0 Å². The van der Waals surface area contributed by atoms with E-state index in [4.69, 9.17) is 0 Å². The van der Waals surface area contributed by atoms with Crippen molar-refractivity contribution in [2.24, 2.45) is 0 Å². The highest BCUT2D eigenvalue weighted by Crippen LogP contribution is 2.39. The Morgan fingerprint density at radius 2 is 1.83 bits per heavy atom. The topological polar surface area (TPSA) is 85.7 Å². The molecule has 1 aromatic heterocycles. The molecular weight excluding hydrogens is 373 g/mol. The first-order valence-electron chi connectivity index (χ1n) is 9.21. The fraction of sp³-hybridized carbons (Fsp3) is 0.182. The lowest BCUT2D eigenvalue weighted by atomic mass is 9.97. The number of halogens is 1. The third-order valence-electron chi connectivity index (χ3n) is 4.87. The van der Waals surface area contributed by atoms with Crippen LogP contribution in [0.1, 0.15) is 6.92 Å². The molecule has 0 bridgehead atoms. The van der Waals surface area contributed by atoms with Gasteiger partial charge >= 0.3 is 0 Å². The van der Waals surface area contributed by atoms with E-state index < -0.39 is 5.82 Å². The Morgan fingerprint density at radius 3 is 2.45 bits per heavy atom. The molecule has 7 heteroatoms. The van der Waals surface area contributed by atoms with Crippen molar-refractivity contribution >= 4 is 17.4 Å². The molecule has 1 saturated heterocycles. The zero-order chi connectivity index (χ0) is 20.5. The lowest BCUT2D eigenvalue weighted by Crippen LogP contribution is -2.51. The molecule has 0 atom stereocenters. The van der Waals surface area contributed by atoms with Gasteiger partial charge < -0.3 is 20.4 Å². The first-order valence-corrected chi connectivity index (χ1v) is 9.21. The fourth-order valence-corrected chi connectivity index (χ4v) is 3.38. The summed E-state index contributed by atoms with van der Waals surface area (Å²) in [6, 6.07) is 13.3. The van der Waals surface area contributed by atoms with E-state index in [1.54, 1.807) is 36.5 Å². The number of β-amino-alcohol motifs (C(OH)–C–C–N with tert-alkyl or cyclic N) is 1. The van der Waals surface area contributed by atoms with Gasteiger partial charge in [-0.15, -0.1) is 0 Å². The van der Waals surface area contributed by atoms with E-state index in [0.29, 0.717) is 29.8 Å². The van der Waals surface area contributed by atoms with Crippen LogP contribution in [0.25, 0.3) is 22.3 Å². The number of amides is 1. The number of aliphatic hydroxyl groups is 1. The van der Waals surface area contributed by atoms with E-state index in [2.05, 4.69) is 10.3 Å². The van der Waals surface area contributed by atoms with Crippen LogP contribution in [0.3, 0.4) is 0 Å². The van der Waals surface area contributed by atoms with Gasteiger partial charge in [-0.2, -0.15) is 0 Å². The van der Waals surface area contributed by atoms with E-state index in [1.807, 2.05) is 11.0 Å². The van der Waals surface area contributed by atoms with Gasteiger partial charge in [0.1, 0.15) is 17.4 Å². The number of nitrogens with one attached hydrogen (secondary N) is 1. The van der Waals surface area contributed by atoms with Crippen molar-refractivity contribution in [1.82, 2.24) is 4.98 Å². The van der Waals surface area contributed by atoms with Gasteiger partial charge in [-0.05, 0) is 35.4 Å². The van der Waals surface area contributed by atoms with Gasteiger partial charge in [0.25, 0.3) is 0 Å². The van der Waals surface area contributed by atoms with Crippen molar-refractivity contribution in [2.75, 3.05) is 23.3 Å². The van der Waals surface area contributed by atoms with Gasteiger partial charge in [0.2, 0.25) is 5.91 Å². The highest BCUT2D eigenvalue weighted by Gasteiger charge is 2.25. The second-order valence-corrected chi connectivity index (χ2v) is 7.04. The van der Waals surface area contributed by atoms with E-state index in [-0.39, 0.29) is 23.4 Å². The quantitative estimate of drug-likeness (QED) is 0.633. The molecule has 1 aliphatic heterocycles. The molecule has 3 N–H and O–H groups in total. The summed E-state index contributed by atoms with van der Waals surface area (Å²) in [7, 11) is 0. The number of phenols is 1. The molecule has 4 rings (SSSR count). The Hall–Kier alpha value is -3.45. The number of anilines is 2. The van der Waals surface area contributed by atoms with Crippen LogP contribution in [-0.2, 0) is 4.79 Å². The molecule has 0 aliphatic carbocycles. The summed E-state index contributed by atoms with van der Waals surface area (Å²) in [4.78, 5) is 17.4. The highest BCUT2D eigenvalue weighted by molar-refractivity contribution is 5.89. The largest absolute Gasteiger partial charge is 0.507 e. The van der Waals surface area contributed by atoms with Crippen LogP contribution in [-0.4, -0.2) is 40.3 Å². The summed E-state index contributed by atoms with van der Waals surface area (Å²) < 4.78 is 14.3. The van der Waals surface area contributed by atoms with Gasteiger partial charge in [-0.3, -0.25) is 4.79 Å². The first-order chi connectivity index (χ1) is 13.9. The molecule has 3 aromatic rings. The van der Waals surface area contributed by atoms with Gasteiger partial charge in [-0.1, -0.05) is 24.3 Å². The fourth-order valence-electron chi connectivity index (χ4n) is 3.38. The number of hydrogen-bond donors (Lipinski definition) is 3. The molecular formula is C22H20FN3O3. The maximum absolute atomic E-state index is 14.3. The Kier molecular flexibility index (Phi) is 4.90. The number of aliphatic hydroxyl groups excluding tert-OH is 1. The van der Waals surface area contributed by atoms with E-state index in [9.17, 15) is 19.4 Å². The molecule has 2 aromatic carbocycles. The predicted molar refractivity (Wildman–Crippen MR) is 109 cm³/mol. The van der Waals surface area contributed by atoms with Gasteiger partial charge in [0.15, 0.2) is 0 Å². The van der Waals surface area contributed by atoms with Crippen LogP contribution in [0.15, 0.2) is 54.7 Å².